The lowest BCUT2D eigenvalue weighted by Gasteiger charge is -2.15. The molecule has 168 valence electrons. The van der Waals surface area contributed by atoms with Gasteiger partial charge in [0.15, 0.2) is 17.2 Å². The maximum absolute atomic E-state index is 12.4. The third-order valence-corrected chi connectivity index (χ3v) is 5.86. The lowest BCUT2D eigenvalue weighted by atomic mass is 10.1. The van der Waals surface area contributed by atoms with Crippen molar-refractivity contribution in [2.45, 2.75) is 20.5 Å². The highest BCUT2D eigenvalue weighted by molar-refractivity contribution is 14.1. The van der Waals surface area contributed by atoms with E-state index in [0.29, 0.717) is 35.3 Å². The summed E-state index contributed by atoms with van der Waals surface area (Å²) in [5, 5.41) is 0.382. The first kappa shape index (κ1) is 23.3. The van der Waals surface area contributed by atoms with Gasteiger partial charge in [0.05, 0.1) is 11.6 Å². The third-order valence-electron chi connectivity index (χ3n) is 4.90. The van der Waals surface area contributed by atoms with Gasteiger partial charge in [0, 0.05) is 9.13 Å². The van der Waals surface area contributed by atoms with Gasteiger partial charge in [0.25, 0.3) is 0 Å². The van der Waals surface area contributed by atoms with Crippen LogP contribution in [0.25, 0.3) is 6.08 Å². The fourth-order valence-electron chi connectivity index (χ4n) is 3.35. The molecule has 0 bridgehead atoms. The summed E-state index contributed by atoms with van der Waals surface area (Å²) in [6.07, 6.45) is 1.63. The first-order chi connectivity index (χ1) is 15.9. The number of aryl methyl sites for hydroxylation is 1. The minimum Gasteiger partial charge on any atom is -0.490 e. The molecule has 0 saturated heterocycles. The summed E-state index contributed by atoms with van der Waals surface area (Å²) in [5.74, 6) is 0.730. The molecule has 0 N–H and O–H groups in total. The Morgan fingerprint density at radius 3 is 2.67 bits per heavy atom. The molecule has 0 unspecified atom stereocenters. The first-order valence-corrected chi connectivity index (χ1v) is 11.8. The van der Waals surface area contributed by atoms with Crippen molar-refractivity contribution in [2.24, 2.45) is 4.99 Å². The number of ether oxygens (including phenoxy) is 3. The molecule has 3 aromatic rings. The fraction of sp³-hybridized carbons (Fsp3) is 0.154. The van der Waals surface area contributed by atoms with E-state index in [0.717, 1.165) is 20.3 Å². The summed E-state index contributed by atoms with van der Waals surface area (Å²) in [4.78, 5) is 16.8. The molecule has 33 heavy (non-hydrogen) atoms. The highest BCUT2D eigenvalue weighted by atomic mass is 127. The van der Waals surface area contributed by atoms with Crippen molar-refractivity contribution in [3.8, 4) is 11.5 Å². The van der Waals surface area contributed by atoms with Crippen LogP contribution in [0.15, 0.2) is 71.4 Å². The van der Waals surface area contributed by atoms with Crippen LogP contribution in [0.5, 0.6) is 11.5 Å². The van der Waals surface area contributed by atoms with Gasteiger partial charge >= 0.3 is 5.97 Å². The van der Waals surface area contributed by atoms with E-state index < -0.39 is 5.97 Å². The van der Waals surface area contributed by atoms with Gasteiger partial charge in [0.1, 0.15) is 6.61 Å². The van der Waals surface area contributed by atoms with Crippen molar-refractivity contribution < 1.29 is 19.0 Å². The molecule has 1 heterocycles. The van der Waals surface area contributed by atoms with Crippen LogP contribution in [0.3, 0.4) is 0 Å². The van der Waals surface area contributed by atoms with Gasteiger partial charge in [-0.05, 0) is 89.5 Å². The minimum atomic E-state index is -0.513. The van der Waals surface area contributed by atoms with E-state index in [1.807, 2.05) is 62.4 Å². The molecule has 0 aromatic heterocycles. The Kier molecular flexibility index (Phi) is 7.35. The molecule has 0 atom stereocenters. The lowest BCUT2D eigenvalue weighted by Crippen LogP contribution is -2.06. The molecule has 5 nitrogen and oxygen atoms in total. The van der Waals surface area contributed by atoms with E-state index in [1.165, 1.54) is 0 Å². The Balaban J connectivity index is 1.62. The normalized spacial score (nSPS) is 14.2. The molecule has 0 saturated carbocycles. The van der Waals surface area contributed by atoms with Crippen molar-refractivity contribution >= 4 is 52.1 Å². The van der Waals surface area contributed by atoms with Gasteiger partial charge in [-0.25, -0.2) is 9.79 Å². The molecular formula is C26H21ClINO4. The van der Waals surface area contributed by atoms with E-state index in [2.05, 4.69) is 27.6 Å². The summed E-state index contributed by atoms with van der Waals surface area (Å²) in [6.45, 7) is 4.62. The maximum Gasteiger partial charge on any atom is 0.363 e. The van der Waals surface area contributed by atoms with Crippen LogP contribution in [0.4, 0.5) is 0 Å². The fourth-order valence-corrected chi connectivity index (χ4v) is 4.23. The van der Waals surface area contributed by atoms with Gasteiger partial charge < -0.3 is 14.2 Å². The number of carbonyl (C=O) groups is 1. The number of rotatable bonds is 7. The molecule has 1 aliphatic rings. The van der Waals surface area contributed by atoms with Crippen molar-refractivity contribution in [1.29, 1.82) is 0 Å². The summed E-state index contributed by atoms with van der Waals surface area (Å²) in [5.41, 5.74) is 3.63. The van der Waals surface area contributed by atoms with E-state index >= 15 is 0 Å². The van der Waals surface area contributed by atoms with Gasteiger partial charge in [-0.1, -0.05) is 41.9 Å². The van der Waals surface area contributed by atoms with Crippen LogP contribution in [-0.4, -0.2) is 18.5 Å². The van der Waals surface area contributed by atoms with Crippen LogP contribution < -0.4 is 9.47 Å². The zero-order valence-corrected chi connectivity index (χ0v) is 21.0. The molecule has 0 radical (unpaired) electrons. The number of nitrogens with zero attached hydrogens (tertiary/aromatic N) is 1. The zero-order chi connectivity index (χ0) is 23.4. The Hall–Kier alpha value is -2.84. The van der Waals surface area contributed by atoms with Gasteiger partial charge in [-0.15, -0.1) is 0 Å². The predicted molar refractivity (Wildman–Crippen MR) is 138 cm³/mol. The standard InChI is InChI=1S/C26H21ClINO4/c1-3-31-23-14-18(12-21(27)24(23)32-15-17-8-6-9-19(28)11-17)13-22-26(30)33-25(29-22)20-10-5-4-7-16(20)2/h4-14H,3,15H2,1-2H3/b22-13-. The number of esters is 1. The second kappa shape index (κ2) is 10.4. The van der Waals surface area contributed by atoms with Crippen LogP contribution in [0.2, 0.25) is 5.02 Å². The Morgan fingerprint density at radius 2 is 1.91 bits per heavy atom. The number of hydrogen-bond donors (Lipinski definition) is 0. The molecule has 7 heteroatoms. The van der Waals surface area contributed by atoms with E-state index in [1.54, 1.807) is 18.2 Å². The van der Waals surface area contributed by atoms with Gasteiger partial charge in [0.2, 0.25) is 5.90 Å². The van der Waals surface area contributed by atoms with E-state index in [4.69, 9.17) is 25.8 Å². The Bertz CT molecular complexity index is 1270. The van der Waals surface area contributed by atoms with Crippen molar-refractivity contribution in [1.82, 2.24) is 0 Å². The number of carbonyl (C=O) groups excluding carboxylic acids is 1. The number of hydrogen-bond acceptors (Lipinski definition) is 5. The topological polar surface area (TPSA) is 57.1 Å². The highest BCUT2D eigenvalue weighted by Crippen LogP contribution is 2.38. The first-order valence-electron chi connectivity index (χ1n) is 10.4. The Labute approximate surface area is 211 Å². The molecular weight excluding hydrogens is 553 g/mol. The average Bonchev–Trinajstić information content (AvgIpc) is 3.13. The largest absolute Gasteiger partial charge is 0.490 e. The SMILES string of the molecule is CCOc1cc(/C=C2\N=C(c3ccccc3C)OC2=O)cc(Cl)c1OCc1cccc(I)c1. The number of halogens is 2. The molecule has 0 aliphatic carbocycles. The minimum absolute atomic E-state index is 0.194. The zero-order valence-electron chi connectivity index (χ0n) is 18.1. The summed E-state index contributed by atoms with van der Waals surface area (Å²) in [6, 6.07) is 19.1. The summed E-state index contributed by atoms with van der Waals surface area (Å²) >= 11 is 8.81. The van der Waals surface area contributed by atoms with Crippen molar-refractivity contribution in [2.75, 3.05) is 6.61 Å². The monoisotopic (exact) mass is 573 g/mol. The van der Waals surface area contributed by atoms with Crippen LogP contribution in [0.1, 0.15) is 29.2 Å². The molecule has 1 aliphatic heterocycles. The lowest BCUT2D eigenvalue weighted by molar-refractivity contribution is -0.129. The quantitative estimate of drug-likeness (QED) is 0.182. The van der Waals surface area contributed by atoms with E-state index in [-0.39, 0.29) is 11.6 Å². The number of cyclic esters (lactones) is 1. The van der Waals surface area contributed by atoms with Gasteiger partial charge in [-0.2, -0.15) is 0 Å². The summed E-state index contributed by atoms with van der Waals surface area (Å²) < 4.78 is 18.3. The molecule has 0 spiro atoms. The maximum atomic E-state index is 12.4. The van der Waals surface area contributed by atoms with Crippen LogP contribution in [0, 0.1) is 10.5 Å². The van der Waals surface area contributed by atoms with Crippen LogP contribution >= 0.6 is 34.2 Å². The predicted octanol–water partition coefficient (Wildman–Crippen LogP) is 6.58. The second-order valence-electron chi connectivity index (χ2n) is 7.33. The highest BCUT2D eigenvalue weighted by Gasteiger charge is 2.25. The average molecular weight is 574 g/mol. The van der Waals surface area contributed by atoms with Gasteiger partial charge in [-0.3, -0.25) is 0 Å². The van der Waals surface area contributed by atoms with E-state index in [9.17, 15) is 4.79 Å². The third kappa shape index (κ3) is 5.57. The molecule has 0 fully saturated rings. The van der Waals surface area contributed by atoms with Crippen LogP contribution in [-0.2, 0) is 16.1 Å². The number of benzene rings is 3. The van der Waals surface area contributed by atoms with Crippen molar-refractivity contribution in [3.05, 3.63) is 97.2 Å². The molecule has 0 amide bonds. The van der Waals surface area contributed by atoms with Crippen molar-refractivity contribution in [3.63, 3.8) is 0 Å². The smallest absolute Gasteiger partial charge is 0.363 e. The second-order valence-corrected chi connectivity index (χ2v) is 8.99. The molecule has 3 aromatic carbocycles. The number of aliphatic imine (C=N–C) groups is 1. The summed E-state index contributed by atoms with van der Waals surface area (Å²) in [7, 11) is 0. The molecule has 4 rings (SSSR count). The Morgan fingerprint density at radius 1 is 1.09 bits per heavy atom.